The zero-order chi connectivity index (χ0) is 16.8. The zero-order valence-electron chi connectivity index (χ0n) is 15.9. The van der Waals surface area contributed by atoms with E-state index in [4.69, 9.17) is 0 Å². The molecule has 3 nitrogen and oxygen atoms in total. The first-order chi connectivity index (χ1) is 11.0. The minimum absolute atomic E-state index is 0.211. The highest BCUT2D eigenvalue weighted by atomic mass is 16.1. The normalized spacial score (nSPS) is 23.0. The highest BCUT2D eigenvalue weighted by molar-refractivity contribution is 5.82. The number of nitrogens with zero attached hydrogens (tertiary/aromatic N) is 2. The Morgan fingerprint density at radius 2 is 1.57 bits per heavy atom. The van der Waals surface area contributed by atoms with Gasteiger partial charge in [0.25, 0.3) is 0 Å². The van der Waals surface area contributed by atoms with Crippen LogP contribution in [0.4, 0.5) is 0 Å². The van der Waals surface area contributed by atoms with Crippen molar-refractivity contribution < 1.29 is 4.79 Å². The summed E-state index contributed by atoms with van der Waals surface area (Å²) in [4.78, 5) is 17.3. The molecule has 134 valence electrons. The van der Waals surface area contributed by atoms with Gasteiger partial charge in [-0.25, -0.2) is 0 Å². The molecule has 0 bridgehead atoms. The molecule has 0 N–H and O–H groups in total. The lowest BCUT2D eigenvalue weighted by atomic mass is 9.87. The number of Topliss-reactive ketones (excluding diaryl/α,β-unsaturated/α-hetero) is 1. The summed E-state index contributed by atoms with van der Waals surface area (Å²) in [6, 6.07) is 0.714. The molecular formula is C20H38N2O. The maximum absolute atomic E-state index is 12.1. The third kappa shape index (κ3) is 5.86. The molecule has 0 aromatic carbocycles. The molecule has 0 spiro atoms. The topological polar surface area (TPSA) is 23.6 Å². The van der Waals surface area contributed by atoms with E-state index in [1.54, 1.807) is 0 Å². The van der Waals surface area contributed by atoms with Crippen LogP contribution < -0.4 is 0 Å². The number of carbonyl (C=O) groups is 1. The van der Waals surface area contributed by atoms with Crippen LogP contribution in [0.5, 0.6) is 0 Å². The van der Waals surface area contributed by atoms with E-state index in [0.29, 0.717) is 17.7 Å². The van der Waals surface area contributed by atoms with Crippen LogP contribution in [0.25, 0.3) is 0 Å². The van der Waals surface area contributed by atoms with Crippen molar-refractivity contribution in [3.05, 3.63) is 0 Å². The van der Waals surface area contributed by atoms with Crippen molar-refractivity contribution in [2.75, 3.05) is 32.7 Å². The van der Waals surface area contributed by atoms with Crippen LogP contribution in [-0.2, 0) is 4.79 Å². The molecular weight excluding hydrogens is 284 g/mol. The molecule has 0 amide bonds. The lowest BCUT2D eigenvalue weighted by molar-refractivity contribution is -0.127. The standard InChI is InChI=1S/C20H38N2O/c1-16(2)20(23)19-9-12-21(13-10-19)11-5-6-18-7-14-22(15-8-18)17(3)4/h16-19H,5-15H2,1-4H3. The molecule has 0 atom stereocenters. The van der Waals surface area contributed by atoms with Crippen molar-refractivity contribution >= 4 is 5.78 Å². The Hall–Kier alpha value is -0.410. The molecule has 0 unspecified atom stereocenters. The minimum atomic E-state index is 0.211. The van der Waals surface area contributed by atoms with Gasteiger partial charge in [-0.2, -0.15) is 0 Å². The maximum atomic E-state index is 12.1. The summed E-state index contributed by atoms with van der Waals surface area (Å²) >= 11 is 0. The quantitative estimate of drug-likeness (QED) is 0.712. The molecule has 0 aromatic rings. The van der Waals surface area contributed by atoms with Gasteiger partial charge in [-0.1, -0.05) is 13.8 Å². The summed E-state index contributed by atoms with van der Waals surface area (Å²) in [6.07, 6.45) is 7.70. The Morgan fingerprint density at radius 1 is 0.957 bits per heavy atom. The summed E-state index contributed by atoms with van der Waals surface area (Å²) in [5.74, 6) is 1.99. The van der Waals surface area contributed by atoms with E-state index in [0.717, 1.165) is 31.8 Å². The predicted octanol–water partition coefficient (Wildman–Crippen LogP) is 3.82. The SMILES string of the molecule is CC(C)C(=O)C1CCN(CCCC2CCN(C(C)C)CC2)CC1. The highest BCUT2D eigenvalue weighted by Crippen LogP contribution is 2.25. The van der Waals surface area contributed by atoms with E-state index in [1.165, 1.54) is 45.3 Å². The van der Waals surface area contributed by atoms with Crippen molar-refractivity contribution in [3.63, 3.8) is 0 Å². The molecule has 2 heterocycles. The van der Waals surface area contributed by atoms with Crippen LogP contribution in [0.2, 0.25) is 0 Å². The van der Waals surface area contributed by atoms with Gasteiger partial charge in [-0.05, 0) is 91.0 Å². The molecule has 0 aromatic heterocycles. The van der Waals surface area contributed by atoms with E-state index in [2.05, 4.69) is 23.6 Å². The smallest absolute Gasteiger partial charge is 0.138 e. The molecule has 0 aliphatic carbocycles. The van der Waals surface area contributed by atoms with Gasteiger partial charge in [0.05, 0.1) is 0 Å². The first kappa shape index (κ1) is 18.9. The molecule has 2 fully saturated rings. The Kier molecular flexibility index (Phi) is 7.55. The van der Waals surface area contributed by atoms with E-state index in [-0.39, 0.29) is 5.92 Å². The average molecular weight is 323 g/mol. The van der Waals surface area contributed by atoms with Gasteiger partial charge in [0.2, 0.25) is 0 Å². The van der Waals surface area contributed by atoms with Crippen molar-refractivity contribution in [2.45, 2.75) is 72.3 Å². The lowest BCUT2D eigenvalue weighted by Gasteiger charge is -2.35. The summed E-state index contributed by atoms with van der Waals surface area (Å²) < 4.78 is 0. The lowest BCUT2D eigenvalue weighted by Crippen LogP contribution is -2.39. The first-order valence-electron chi connectivity index (χ1n) is 9.97. The van der Waals surface area contributed by atoms with Gasteiger partial charge in [0.1, 0.15) is 5.78 Å². The van der Waals surface area contributed by atoms with Crippen LogP contribution in [0.3, 0.4) is 0 Å². The van der Waals surface area contributed by atoms with Crippen molar-refractivity contribution in [1.82, 2.24) is 9.80 Å². The van der Waals surface area contributed by atoms with Gasteiger partial charge >= 0.3 is 0 Å². The molecule has 0 saturated carbocycles. The number of ketones is 1. The number of piperidine rings is 2. The van der Waals surface area contributed by atoms with Crippen molar-refractivity contribution in [1.29, 1.82) is 0 Å². The van der Waals surface area contributed by atoms with Crippen LogP contribution in [0, 0.1) is 17.8 Å². The van der Waals surface area contributed by atoms with Crippen molar-refractivity contribution in [2.24, 2.45) is 17.8 Å². The van der Waals surface area contributed by atoms with Gasteiger partial charge in [0, 0.05) is 17.9 Å². The second-order valence-corrected chi connectivity index (χ2v) is 8.39. The number of hydrogen-bond donors (Lipinski definition) is 0. The maximum Gasteiger partial charge on any atom is 0.138 e. The molecule has 2 aliphatic heterocycles. The molecule has 2 rings (SSSR count). The number of carbonyl (C=O) groups excluding carboxylic acids is 1. The van der Waals surface area contributed by atoms with Gasteiger partial charge in [-0.3, -0.25) is 4.79 Å². The monoisotopic (exact) mass is 322 g/mol. The summed E-state index contributed by atoms with van der Waals surface area (Å²) in [7, 11) is 0. The third-order valence-electron chi connectivity index (χ3n) is 6.03. The number of likely N-dealkylation sites (tertiary alicyclic amines) is 2. The first-order valence-corrected chi connectivity index (χ1v) is 9.97. The molecule has 23 heavy (non-hydrogen) atoms. The van der Waals surface area contributed by atoms with E-state index in [9.17, 15) is 4.79 Å². The Morgan fingerprint density at radius 3 is 2.09 bits per heavy atom. The largest absolute Gasteiger partial charge is 0.303 e. The van der Waals surface area contributed by atoms with E-state index in [1.807, 2.05) is 13.8 Å². The minimum Gasteiger partial charge on any atom is -0.303 e. The fraction of sp³-hybridized carbons (Fsp3) is 0.950. The highest BCUT2D eigenvalue weighted by Gasteiger charge is 2.26. The van der Waals surface area contributed by atoms with Crippen LogP contribution in [0.15, 0.2) is 0 Å². The van der Waals surface area contributed by atoms with Gasteiger partial charge in [0.15, 0.2) is 0 Å². The second-order valence-electron chi connectivity index (χ2n) is 8.39. The Bertz CT molecular complexity index is 351. The summed E-state index contributed by atoms with van der Waals surface area (Å²) in [5.41, 5.74) is 0. The number of rotatable bonds is 7. The average Bonchev–Trinajstić information content (AvgIpc) is 2.55. The Balaban J connectivity index is 1.57. The second kappa shape index (κ2) is 9.17. The number of hydrogen-bond acceptors (Lipinski definition) is 3. The van der Waals surface area contributed by atoms with Crippen LogP contribution in [0.1, 0.15) is 66.2 Å². The van der Waals surface area contributed by atoms with Gasteiger partial charge < -0.3 is 9.80 Å². The summed E-state index contributed by atoms with van der Waals surface area (Å²) in [6.45, 7) is 14.8. The zero-order valence-corrected chi connectivity index (χ0v) is 15.9. The summed E-state index contributed by atoms with van der Waals surface area (Å²) in [5, 5.41) is 0. The predicted molar refractivity (Wildman–Crippen MR) is 97.7 cm³/mol. The van der Waals surface area contributed by atoms with Gasteiger partial charge in [-0.15, -0.1) is 0 Å². The fourth-order valence-corrected chi connectivity index (χ4v) is 4.27. The van der Waals surface area contributed by atoms with Crippen molar-refractivity contribution in [3.8, 4) is 0 Å². The van der Waals surface area contributed by atoms with E-state index >= 15 is 0 Å². The van der Waals surface area contributed by atoms with Crippen LogP contribution >= 0.6 is 0 Å². The molecule has 0 radical (unpaired) electrons. The Labute approximate surface area is 143 Å². The molecule has 3 heteroatoms. The molecule has 2 saturated heterocycles. The fourth-order valence-electron chi connectivity index (χ4n) is 4.27. The van der Waals surface area contributed by atoms with Crippen LogP contribution in [-0.4, -0.2) is 54.3 Å². The third-order valence-corrected chi connectivity index (χ3v) is 6.03. The molecule has 2 aliphatic rings. The van der Waals surface area contributed by atoms with E-state index < -0.39 is 0 Å².